The zero-order valence-electron chi connectivity index (χ0n) is 8.50. The lowest BCUT2D eigenvalue weighted by atomic mass is 10.2. The minimum absolute atomic E-state index is 0.141. The zero-order valence-corrected chi connectivity index (χ0v) is 9.31. The summed E-state index contributed by atoms with van der Waals surface area (Å²) in [5.74, 6) is -0.901. The molecule has 0 aromatic heterocycles. The number of rotatable bonds is 5. The minimum Gasteiger partial charge on any atom is -0.389 e. The van der Waals surface area contributed by atoms with Gasteiger partial charge in [0.2, 0.25) is 5.91 Å². The maximum absolute atomic E-state index is 13.4. The van der Waals surface area contributed by atoms with E-state index in [2.05, 4.69) is 5.32 Å². The van der Waals surface area contributed by atoms with Crippen molar-refractivity contribution < 1.29 is 9.18 Å². The summed E-state index contributed by atoms with van der Waals surface area (Å²) in [6.07, 6.45) is 0.149. The van der Waals surface area contributed by atoms with Crippen LogP contribution in [0.4, 0.5) is 10.1 Å². The number of carbonyl (C=O) groups excluding carboxylic acids is 1. The van der Waals surface area contributed by atoms with Crippen molar-refractivity contribution in [1.82, 2.24) is 0 Å². The van der Waals surface area contributed by atoms with Gasteiger partial charge in [0.05, 0.1) is 5.69 Å². The predicted molar refractivity (Wildman–Crippen MR) is 64.6 cm³/mol. The smallest absolute Gasteiger partial charge is 0.219 e. The number of carbonyl (C=O) groups is 1. The summed E-state index contributed by atoms with van der Waals surface area (Å²) in [7, 11) is 0. The second-order valence-electron chi connectivity index (χ2n) is 3.20. The van der Waals surface area contributed by atoms with Crippen molar-refractivity contribution in [3.8, 4) is 0 Å². The number of anilines is 1. The van der Waals surface area contributed by atoms with Gasteiger partial charge in [-0.25, -0.2) is 4.39 Å². The number of amides is 1. The first-order chi connectivity index (χ1) is 7.50. The number of thiocarbonyl (C=S) groups is 1. The summed E-state index contributed by atoms with van der Waals surface area (Å²) in [4.78, 5) is 10.6. The highest BCUT2D eigenvalue weighted by molar-refractivity contribution is 7.80. The molecule has 1 rings (SSSR count). The van der Waals surface area contributed by atoms with Gasteiger partial charge in [-0.15, -0.1) is 0 Å². The van der Waals surface area contributed by atoms with Crippen LogP contribution < -0.4 is 16.8 Å². The molecular weight excluding hydrogens is 229 g/mol. The van der Waals surface area contributed by atoms with E-state index >= 15 is 0 Å². The van der Waals surface area contributed by atoms with Crippen molar-refractivity contribution in [3.63, 3.8) is 0 Å². The Labute approximate surface area is 97.8 Å². The first-order valence-corrected chi connectivity index (χ1v) is 5.03. The molecule has 0 spiro atoms. The fourth-order valence-electron chi connectivity index (χ4n) is 1.13. The summed E-state index contributed by atoms with van der Waals surface area (Å²) >= 11 is 4.72. The monoisotopic (exact) mass is 241 g/mol. The van der Waals surface area contributed by atoms with Crippen molar-refractivity contribution in [2.24, 2.45) is 11.5 Å². The van der Waals surface area contributed by atoms with Gasteiger partial charge in [0.25, 0.3) is 0 Å². The number of hydrogen-bond acceptors (Lipinski definition) is 3. The van der Waals surface area contributed by atoms with E-state index in [-0.39, 0.29) is 11.4 Å². The molecule has 16 heavy (non-hydrogen) atoms. The Hall–Kier alpha value is -1.69. The molecule has 6 heteroatoms. The first-order valence-electron chi connectivity index (χ1n) is 4.62. The van der Waals surface area contributed by atoms with Gasteiger partial charge in [0, 0.05) is 18.5 Å². The quantitative estimate of drug-likeness (QED) is 0.664. The normalized spacial score (nSPS) is 9.81. The van der Waals surface area contributed by atoms with E-state index < -0.39 is 11.7 Å². The fraction of sp³-hybridized carbons (Fsp3) is 0.200. The van der Waals surface area contributed by atoms with Crippen LogP contribution in [0.15, 0.2) is 18.2 Å². The van der Waals surface area contributed by atoms with Gasteiger partial charge < -0.3 is 16.8 Å². The van der Waals surface area contributed by atoms with Gasteiger partial charge >= 0.3 is 0 Å². The third-order valence-electron chi connectivity index (χ3n) is 1.94. The van der Waals surface area contributed by atoms with E-state index in [4.69, 9.17) is 23.7 Å². The number of benzene rings is 1. The van der Waals surface area contributed by atoms with Gasteiger partial charge in [-0.05, 0) is 18.2 Å². The molecule has 0 fully saturated rings. The second-order valence-corrected chi connectivity index (χ2v) is 3.64. The van der Waals surface area contributed by atoms with Crippen molar-refractivity contribution in [1.29, 1.82) is 0 Å². The zero-order chi connectivity index (χ0) is 12.1. The number of primary amides is 1. The number of halogens is 1. The summed E-state index contributed by atoms with van der Waals surface area (Å²) in [6, 6.07) is 4.37. The molecule has 0 aliphatic carbocycles. The highest BCUT2D eigenvalue weighted by Crippen LogP contribution is 2.15. The lowest BCUT2D eigenvalue weighted by Gasteiger charge is -2.07. The average molecular weight is 241 g/mol. The molecule has 1 amide bonds. The maximum atomic E-state index is 13.4. The first kappa shape index (κ1) is 12.4. The summed E-state index contributed by atoms with van der Waals surface area (Å²) in [5, 5.41) is 2.75. The molecule has 0 aliphatic rings. The van der Waals surface area contributed by atoms with Crippen LogP contribution in [0.5, 0.6) is 0 Å². The fourth-order valence-corrected chi connectivity index (χ4v) is 1.26. The standard InChI is InChI=1S/C10H12FN3OS/c11-7-5-6(10(13)16)1-2-8(7)14-4-3-9(12)15/h1-2,5,14H,3-4H2,(H2,12,15)(H2,13,16). The molecule has 0 aliphatic heterocycles. The summed E-state index contributed by atoms with van der Waals surface area (Å²) in [6.45, 7) is 0.290. The Balaban J connectivity index is 2.68. The molecule has 0 atom stereocenters. The third-order valence-corrected chi connectivity index (χ3v) is 2.18. The molecule has 1 aromatic rings. The van der Waals surface area contributed by atoms with E-state index in [1.165, 1.54) is 12.1 Å². The molecule has 5 N–H and O–H groups in total. The number of nitrogens with two attached hydrogens (primary N) is 2. The number of hydrogen-bond donors (Lipinski definition) is 3. The Bertz CT molecular complexity index is 423. The third kappa shape index (κ3) is 3.47. The Kier molecular flexibility index (Phi) is 4.19. The molecule has 0 unspecified atom stereocenters. The number of nitrogens with one attached hydrogen (secondary N) is 1. The van der Waals surface area contributed by atoms with Gasteiger partial charge in [-0.2, -0.15) is 0 Å². The van der Waals surface area contributed by atoms with Gasteiger partial charge in [0.15, 0.2) is 0 Å². The molecule has 0 heterocycles. The molecule has 0 bridgehead atoms. The van der Waals surface area contributed by atoms with E-state index in [0.29, 0.717) is 17.8 Å². The van der Waals surface area contributed by atoms with Gasteiger partial charge in [0.1, 0.15) is 10.8 Å². The lowest BCUT2D eigenvalue weighted by Crippen LogP contribution is -2.16. The van der Waals surface area contributed by atoms with Crippen LogP contribution in [0, 0.1) is 5.82 Å². The highest BCUT2D eigenvalue weighted by atomic mass is 32.1. The average Bonchev–Trinajstić information content (AvgIpc) is 2.19. The SMILES string of the molecule is NC(=O)CCNc1ccc(C(N)=S)cc1F. The van der Waals surface area contributed by atoms with Gasteiger partial charge in [-0.3, -0.25) is 4.79 Å². The minimum atomic E-state index is -0.463. The van der Waals surface area contributed by atoms with Crippen LogP contribution in [-0.2, 0) is 4.79 Å². The summed E-state index contributed by atoms with van der Waals surface area (Å²) < 4.78 is 13.4. The molecule has 86 valence electrons. The molecule has 4 nitrogen and oxygen atoms in total. The predicted octanol–water partition coefficient (Wildman–Crippen LogP) is 0.747. The van der Waals surface area contributed by atoms with Crippen molar-refractivity contribution in [2.45, 2.75) is 6.42 Å². The highest BCUT2D eigenvalue weighted by Gasteiger charge is 2.04. The van der Waals surface area contributed by atoms with Crippen LogP contribution in [0.2, 0.25) is 0 Å². The van der Waals surface area contributed by atoms with Gasteiger partial charge in [-0.1, -0.05) is 12.2 Å². The Morgan fingerprint density at radius 1 is 1.44 bits per heavy atom. The second kappa shape index (κ2) is 5.41. The summed E-state index contributed by atoms with van der Waals surface area (Å²) in [5.41, 5.74) is 11.1. The molecule has 0 saturated carbocycles. The van der Waals surface area contributed by atoms with E-state index in [1.54, 1.807) is 6.07 Å². The van der Waals surface area contributed by atoms with Crippen molar-refractivity contribution >= 4 is 28.8 Å². The van der Waals surface area contributed by atoms with E-state index in [1.807, 2.05) is 0 Å². The Morgan fingerprint density at radius 3 is 2.62 bits per heavy atom. The topological polar surface area (TPSA) is 81.1 Å². The van der Waals surface area contributed by atoms with E-state index in [9.17, 15) is 9.18 Å². The van der Waals surface area contributed by atoms with E-state index in [0.717, 1.165) is 0 Å². The van der Waals surface area contributed by atoms with Crippen molar-refractivity contribution in [3.05, 3.63) is 29.6 Å². The largest absolute Gasteiger partial charge is 0.389 e. The van der Waals surface area contributed by atoms with Crippen LogP contribution in [0.25, 0.3) is 0 Å². The van der Waals surface area contributed by atoms with Crippen LogP contribution in [0.1, 0.15) is 12.0 Å². The molecule has 0 radical (unpaired) electrons. The van der Waals surface area contributed by atoms with Crippen LogP contribution in [-0.4, -0.2) is 17.4 Å². The lowest BCUT2D eigenvalue weighted by molar-refractivity contribution is -0.117. The van der Waals surface area contributed by atoms with Crippen LogP contribution in [0.3, 0.4) is 0 Å². The maximum Gasteiger partial charge on any atom is 0.219 e. The molecule has 1 aromatic carbocycles. The van der Waals surface area contributed by atoms with Crippen LogP contribution >= 0.6 is 12.2 Å². The molecular formula is C10H12FN3OS. The van der Waals surface area contributed by atoms with Crippen molar-refractivity contribution in [2.75, 3.05) is 11.9 Å². The molecule has 0 saturated heterocycles. The Morgan fingerprint density at radius 2 is 2.12 bits per heavy atom.